The summed E-state index contributed by atoms with van der Waals surface area (Å²) in [6.45, 7) is 10.9. The number of likely N-dealkylation sites (N-methyl/N-ethyl adjacent to an activating group) is 1. The molecule has 3 heterocycles. The van der Waals surface area contributed by atoms with Crippen molar-refractivity contribution < 1.29 is 33.8 Å². The van der Waals surface area contributed by atoms with Crippen molar-refractivity contribution in [1.29, 1.82) is 0 Å². The molecule has 1 unspecified atom stereocenters. The molecule has 12 heteroatoms. The van der Waals surface area contributed by atoms with Crippen molar-refractivity contribution in [3.8, 4) is 0 Å². The van der Waals surface area contributed by atoms with E-state index in [1.807, 2.05) is 56.3 Å². The highest BCUT2D eigenvalue weighted by Crippen LogP contribution is 2.62. The quantitative estimate of drug-likeness (QED) is 0.102. The van der Waals surface area contributed by atoms with Crippen LogP contribution in [-0.4, -0.2) is 87.4 Å². The second-order valence-corrected chi connectivity index (χ2v) is 16.1. The van der Waals surface area contributed by atoms with E-state index >= 15 is 9.59 Å². The first-order valence-electron chi connectivity index (χ1n) is 18.5. The summed E-state index contributed by atoms with van der Waals surface area (Å²) in [4.78, 5) is 62.4. The molecule has 0 saturated carbocycles. The Morgan fingerprint density at radius 2 is 1.71 bits per heavy atom. The topological polar surface area (TPSA) is 117 Å². The van der Waals surface area contributed by atoms with E-state index in [0.29, 0.717) is 28.3 Å². The lowest BCUT2D eigenvalue weighted by Crippen LogP contribution is -2.57. The molecule has 3 fully saturated rings. The van der Waals surface area contributed by atoms with Gasteiger partial charge in [0.05, 0.1) is 47.3 Å². The number of halogens is 2. The summed E-state index contributed by atoms with van der Waals surface area (Å²) < 4.78 is 13.2. The molecule has 9 atom stereocenters. The molecule has 0 radical (unpaired) electrons. The van der Waals surface area contributed by atoms with Crippen LogP contribution in [0.25, 0.3) is 0 Å². The largest absolute Gasteiger partial charge is 0.455 e. The molecule has 3 aromatic carbocycles. The van der Waals surface area contributed by atoms with E-state index in [-0.39, 0.29) is 25.3 Å². The van der Waals surface area contributed by atoms with Crippen molar-refractivity contribution in [3.05, 3.63) is 126 Å². The number of likely N-dealkylation sites (tertiary alicyclic amines) is 1. The number of amides is 3. The lowest BCUT2D eigenvalue weighted by atomic mass is 9.70. The van der Waals surface area contributed by atoms with Crippen LogP contribution in [0, 0.1) is 18.8 Å². The predicted octanol–water partition coefficient (Wildman–Crippen LogP) is 6.75. The first kappa shape index (κ1) is 40.4. The van der Waals surface area contributed by atoms with Crippen LogP contribution >= 0.6 is 27.5 Å². The van der Waals surface area contributed by atoms with Crippen LogP contribution < -0.4 is 4.90 Å². The SMILES string of the molecule is C=CCCC(=O)N(C)[C@@H](C)[C@@H](OC(=O)[C@@H]1[C@H]2O[C@@]3(CC2Br)[C@H](C(=O)N(CC=C)c2c(C)cccc2Cl)N([C@H](CO)c2ccccc2)C(=O)[C@@H]13)c1ccccc1. The lowest BCUT2D eigenvalue weighted by molar-refractivity contribution is -0.165. The Balaban J connectivity index is 1.44. The minimum absolute atomic E-state index is 0.0696. The van der Waals surface area contributed by atoms with Gasteiger partial charge in [-0.1, -0.05) is 112 Å². The molecule has 3 aliphatic heterocycles. The molecule has 1 N–H and O–H groups in total. The molecule has 10 nitrogen and oxygen atoms in total. The van der Waals surface area contributed by atoms with Gasteiger partial charge in [0, 0.05) is 24.8 Å². The summed E-state index contributed by atoms with van der Waals surface area (Å²) in [5, 5.41) is 11.3. The molecule has 3 amide bonds. The van der Waals surface area contributed by atoms with Gasteiger partial charge in [-0.3, -0.25) is 19.2 Å². The van der Waals surface area contributed by atoms with E-state index in [9.17, 15) is 14.7 Å². The number of hydrogen-bond acceptors (Lipinski definition) is 7. The first-order valence-corrected chi connectivity index (χ1v) is 19.8. The summed E-state index contributed by atoms with van der Waals surface area (Å²) in [5.74, 6) is -4.03. The molecule has 2 bridgehead atoms. The molecule has 0 aliphatic carbocycles. The summed E-state index contributed by atoms with van der Waals surface area (Å²) in [5.41, 5.74) is 1.02. The number of anilines is 1. The number of carbonyl (C=O) groups excluding carboxylic acids is 4. The fourth-order valence-electron chi connectivity index (χ4n) is 8.64. The van der Waals surface area contributed by atoms with Crippen molar-refractivity contribution >= 4 is 56.9 Å². The third-order valence-electron chi connectivity index (χ3n) is 11.3. The van der Waals surface area contributed by atoms with Crippen LogP contribution in [0.4, 0.5) is 5.69 Å². The normalized spacial score (nSPS) is 25.5. The molecule has 55 heavy (non-hydrogen) atoms. The Labute approximate surface area is 335 Å². The number of aliphatic hydroxyl groups excluding tert-OH is 1. The summed E-state index contributed by atoms with van der Waals surface area (Å²) in [6.07, 6.45) is 2.55. The molecule has 290 valence electrons. The lowest BCUT2D eigenvalue weighted by Gasteiger charge is -2.40. The van der Waals surface area contributed by atoms with E-state index in [2.05, 4.69) is 29.1 Å². The summed E-state index contributed by atoms with van der Waals surface area (Å²) in [6, 6.07) is 20.7. The first-order chi connectivity index (χ1) is 26.4. The summed E-state index contributed by atoms with van der Waals surface area (Å²) in [7, 11) is 1.67. The zero-order chi connectivity index (χ0) is 39.6. The molecule has 6 rings (SSSR count). The van der Waals surface area contributed by atoms with E-state index < -0.39 is 77.0 Å². The van der Waals surface area contributed by atoms with Gasteiger partial charge < -0.3 is 29.3 Å². The van der Waals surface area contributed by atoms with Crippen molar-refractivity contribution in [2.75, 3.05) is 25.1 Å². The van der Waals surface area contributed by atoms with Crippen LogP contribution in [0.3, 0.4) is 0 Å². The number of benzene rings is 3. The van der Waals surface area contributed by atoms with Gasteiger partial charge in [-0.25, -0.2) is 0 Å². The number of carbonyl (C=O) groups is 4. The highest BCUT2D eigenvalue weighted by Gasteiger charge is 2.78. The van der Waals surface area contributed by atoms with E-state index in [4.69, 9.17) is 21.1 Å². The van der Waals surface area contributed by atoms with Gasteiger partial charge in [0.2, 0.25) is 11.8 Å². The summed E-state index contributed by atoms with van der Waals surface area (Å²) >= 11 is 10.5. The second-order valence-electron chi connectivity index (χ2n) is 14.5. The maximum absolute atomic E-state index is 15.3. The van der Waals surface area contributed by atoms with Gasteiger partial charge in [0.25, 0.3) is 5.91 Å². The Morgan fingerprint density at radius 3 is 2.31 bits per heavy atom. The van der Waals surface area contributed by atoms with Crippen molar-refractivity contribution in [2.24, 2.45) is 11.8 Å². The number of fused-ring (bicyclic) bond motifs is 1. The molecule has 3 saturated heterocycles. The number of nitrogens with zero attached hydrogens (tertiary/aromatic N) is 3. The highest BCUT2D eigenvalue weighted by atomic mass is 79.9. The zero-order valence-corrected chi connectivity index (χ0v) is 33.6. The van der Waals surface area contributed by atoms with E-state index in [0.717, 1.165) is 5.56 Å². The van der Waals surface area contributed by atoms with Gasteiger partial charge >= 0.3 is 5.97 Å². The highest BCUT2D eigenvalue weighted by molar-refractivity contribution is 9.09. The number of alkyl halides is 1. The number of allylic oxidation sites excluding steroid dienone is 1. The average molecular weight is 833 g/mol. The Kier molecular flexibility index (Phi) is 12.4. The second kappa shape index (κ2) is 16.8. The third kappa shape index (κ3) is 7.28. The smallest absolute Gasteiger partial charge is 0.313 e. The zero-order valence-electron chi connectivity index (χ0n) is 31.2. The van der Waals surface area contributed by atoms with Crippen LogP contribution in [0.1, 0.15) is 55.0 Å². The Morgan fingerprint density at radius 1 is 1.05 bits per heavy atom. The fraction of sp³-hybridized carbons (Fsp3) is 0.395. The van der Waals surface area contributed by atoms with Gasteiger partial charge in [0.15, 0.2) is 0 Å². The number of aryl methyl sites for hydroxylation is 1. The molecule has 3 aromatic rings. The van der Waals surface area contributed by atoms with Crippen LogP contribution in [0.2, 0.25) is 5.02 Å². The van der Waals surface area contributed by atoms with E-state index in [1.165, 1.54) is 9.80 Å². The maximum atomic E-state index is 15.3. The number of aliphatic hydroxyl groups is 1. The average Bonchev–Trinajstić information content (AvgIpc) is 3.79. The van der Waals surface area contributed by atoms with Gasteiger partial charge in [0.1, 0.15) is 17.7 Å². The molecule has 1 spiro atoms. The Hall–Kier alpha value is -4.29. The Bertz CT molecular complexity index is 1910. The minimum Gasteiger partial charge on any atom is -0.455 e. The van der Waals surface area contributed by atoms with Crippen LogP contribution in [0.5, 0.6) is 0 Å². The van der Waals surface area contributed by atoms with Crippen LogP contribution in [-0.2, 0) is 28.7 Å². The third-order valence-corrected chi connectivity index (χ3v) is 12.5. The van der Waals surface area contributed by atoms with Gasteiger partial charge in [-0.2, -0.15) is 0 Å². The van der Waals surface area contributed by atoms with Gasteiger partial charge in [-0.05, 0) is 49.4 Å². The molecular weight excluding hydrogens is 786 g/mol. The molecular formula is C43H47BrClN3O7. The number of rotatable bonds is 15. The maximum Gasteiger partial charge on any atom is 0.313 e. The molecule has 3 aliphatic rings. The van der Waals surface area contributed by atoms with Crippen molar-refractivity contribution in [3.63, 3.8) is 0 Å². The minimum atomic E-state index is -1.47. The van der Waals surface area contributed by atoms with Gasteiger partial charge in [-0.15, -0.1) is 13.2 Å². The van der Waals surface area contributed by atoms with Crippen LogP contribution in [0.15, 0.2) is 104 Å². The standard InChI is InChI=1S/C43H47BrClN3O7/c1-6-8-22-33(50)46(5)27(4)37(29-19-13-10-14-20-29)54-42(53)34-35-40(51)48(32(25-49)28-17-11-9-12-18-28)39(43(35)24-30(44)38(34)55-43)41(52)47(23-7-2)36-26(3)16-15-21-31(36)45/h6-7,9-21,27,30,32,34-35,37-39,49H,1-2,8,22-25H2,3-5H3/t27-,30?,32+,34-,35+,37+,38-,39-,43+/m0/s1. The number of para-hydroxylation sites is 1. The fourth-order valence-corrected chi connectivity index (χ4v) is 9.90. The molecule has 0 aromatic heterocycles. The van der Waals surface area contributed by atoms with Crippen molar-refractivity contribution in [2.45, 2.75) is 73.9 Å². The number of ether oxygens (including phenoxy) is 2. The number of hydrogen-bond donors (Lipinski definition) is 1. The van der Waals surface area contributed by atoms with Crippen molar-refractivity contribution in [1.82, 2.24) is 9.80 Å². The van der Waals surface area contributed by atoms with E-state index in [1.54, 1.807) is 60.5 Å². The monoisotopic (exact) mass is 831 g/mol. The number of esters is 1. The predicted molar refractivity (Wildman–Crippen MR) is 214 cm³/mol.